The topological polar surface area (TPSA) is 0 Å². The van der Waals surface area contributed by atoms with Crippen LogP contribution in [0.1, 0.15) is 37.3 Å². The minimum atomic E-state index is -0.0855. The van der Waals surface area contributed by atoms with Crippen LogP contribution in [0.3, 0.4) is 0 Å². The predicted molar refractivity (Wildman–Crippen MR) is 56.8 cm³/mol. The van der Waals surface area contributed by atoms with E-state index >= 15 is 0 Å². The van der Waals surface area contributed by atoms with Crippen LogP contribution in [0.2, 0.25) is 0 Å². The molecule has 0 bridgehead atoms. The third kappa shape index (κ3) is 1.97. The molecule has 1 atom stereocenters. The van der Waals surface area contributed by atoms with Gasteiger partial charge in [0.25, 0.3) is 0 Å². The van der Waals surface area contributed by atoms with E-state index in [1.165, 1.54) is 30.4 Å². The van der Waals surface area contributed by atoms with Gasteiger partial charge in [-0.25, -0.2) is 4.39 Å². The van der Waals surface area contributed by atoms with Gasteiger partial charge in [0.1, 0.15) is 5.82 Å². The highest BCUT2D eigenvalue weighted by atomic mass is 19.1. The van der Waals surface area contributed by atoms with Gasteiger partial charge in [0, 0.05) is 0 Å². The Morgan fingerprint density at radius 1 is 1.36 bits per heavy atom. The van der Waals surface area contributed by atoms with Crippen molar-refractivity contribution in [3.05, 3.63) is 35.1 Å². The van der Waals surface area contributed by atoms with Crippen molar-refractivity contribution in [1.82, 2.24) is 0 Å². The molecule has 0 saturated carbocycles. The molecule has 0 aromatic heterocycles. The molecule has 0 aliphatic heterocycles. The quantitative estimate of drug-likeness (QED) is 0.669. The van der Waals surface area contributed by atoms with Gasteiger partial charge < -0.3 is 0 Å². The molecule has 0 saturated heterocycles. The number of halogens is 1. The van der Waals surface area contributed by atoms with Gasteiger partial charge in [-0.1, -0.05) is 25.8 Å². The molecule has 1 aliphatic rings. The van der Waals surface area contributed by atoms with Gasteiger partial charge in [0.05, 0.1) is 0 Å². The first-order valence-corrected chi connectivity index (χ1v) is 5.57. The molecule has 0 spiro atoms. The number of benzene rings is 1. The van der Waals surface area contributed by atoms with Crippen molar-refractivity contribution in [2.75, 3.05) is 0 Å². The highest BCUT2D eigenvalue weighted by Gasteiger charge is 2.17. The van der Waals surface area contributed by atoms with Crippen LogP contribution in [0.5, 0.6) is 0 Å². The number of hydrogen-bond acceptors (Lipinski definition) is 0. The maximum atomic E-state index is 12.9. The molecule has 0 nitrogen and oxygen atoms in total. The largest absolute Gasteiger partial charge is 0.207 e. The summed E-state index contributed by atoms with van der Waals surface area (Å²) in [5, 5.41) is 0. The van der Waals surface area contributed by atoms with Gasteiger partial charge in [-0.3, -0.25) is 0 Å². The van der Waals surface area contributed by atoms with E-state index in [-0.39, 0.29) is 5.82 Å². The van der Waals surface area contributed by atoms with Crippen molar-refractivity contribution in [3.8, 4) is 0 Å². The summed E-state index contributed by atoms with van der Waals surface area (Å²) >= 11 is 0. The van der Waals surface area contributed by atoms with E-state index in [0.717, 1.165) is 18.8 Å². The number of hydrogen-bond donors (Lipinski definition) is 0. The molecule has 0 amide bonds. The lowest BCUT2D eigenvalue weighted by Crippen LogP contribution is -2.14. The molecule has 2 rings (SSSR count). The Hall–Kier alpha value is -0.850. The van der Waals surface area contributed by atoms with Crippen LogP contribution in [0.4, 0.5) is 4.39 Å². The van der Waals surface area contributed by atoms with E-state index in [1.807, 2.05) is 6.07 Å². The predicted octanol–water partition coefficient (Wildman–Crippen LogP) is 3.73. The summed E-state index contributed by atoms with van der Waals surface area (Å²) in [6.07, 6.45) is 6.05. The number of rotatable bonds is 2. The summed E-state index contributed by atoms with van der Waals surface area (Å²) in [6, 6.07) is 5.26. The van der Waals surface area contributed by atoms with Gasteiger partial charge in [0.15, 0.2) is 0 Å². The van der Waals surface area contributed by atoms with E-state index in [0.29, 0.717) is 0 Å². The Labute approximate surface area is 85.1 Å². The van der Waals surface area contributed by atoms with Crippen molar-refractivity contribution in [3.63, 3.8) is 0 Å². The van der Waals surface area contributed by atoms with E-state index in [4.69, 9.17) is 0 Å². The van der Waals surface area contributed by atoms with E-state index in [1.54, 1.807) is 12.1 Å². The molecule has 0 heterocycles. The molecule has 1 heteroatoms. The van der Waals surface area contributed by atoms with Gasteiger partial charge in [-0.05, 0) is 48.4 Å². The fourth-order valence-corrected chi connectivity index (χ4v) is 2.45. The highest BCUT2D eigenvalue weighted by molar-refractivity contribution is 5.30. The summed E-state index contributed by atoms with van der Waals surface area (Å²) in [7, 11) is 0. The Balaban J connectivity index is 2.15. The fraction of sp³-hybridized carbons (Fsp3) is 0.538. The zero-order valence-corrected chi connectivity index (χ0v) is 8.72. The number of aryl methyl sites for hydroxylation is 1. The van der Waals surface area contributed by atoms with Crippen LogP contribution in [0.25, 0.3) is 0 Å². The van der Waals surface area contributed by atoms with E-state index < -0.39 is 0 Å². The summed E-state index contributed by atoms with van der Waals surface area (Å²) in [4.78, 5) is 0. The Bertz CT molecular complexity index is 317. The fourth-order valence-electron chi connectivity index (χ4n) is 2.45. The lowest BCUT2D eigenvalue weighted by atomic mass is 9.82. The molecule has 14 heavy (non-hydrogen) atoms. The molecule has 0 fully saturated rings. The summed E-state index contributed by atoms with van der Waals surface area (Å²) in [6.45, 7) is 2.24. The molecule has 1 aromatic rings. The van der Waals surface area contributed by atoms with Crippen LogP contribution in [-0.2, 0) is 12.8 Å². The minimum Gasteiger partial charge on any atom is -0.207 e. The van der Waals surface area contributed by atoms with Crippen LogP contribution in [0.15, 0.2) is 18.2 Å². The Morgan fingerprint density at radius 2 is 2.21 bits per heavy atom. The zero-order valence-electron chi connectivity index (χ0n) is 8.72. The Morgan fingerprint density at radius 3 is 3.00 bits per heavy atom. The third-order valence-corrected chi connectivity index (χ3v) is 3.20. The van der Waals surface area contributed by atoms with Crippen molar-refractivity contribution in [2.24, 2.45) is 5.92 Å². The molecule has 76 valence electrons. The second-order valence-corrected chi connectivity index (χ2v) is 4.31. The van der Waals surface area contributed by atoms with Crippen LogP contribution in [-0.4, -0.2) is 0 Å². The Kier molecular flexibility index (Phi) is 2.85. The lowest BCUT2D eigenvalue weighted by Gasteiger charge is -2.24. The minimum absolute atomic E-state index is 0.0855. The van der Waals surface area contributed by atoms with E-state index in [2.05, 4.69) is 6.92 Å². The SMILES string of the molecule is CCCC1CCc2cc(F)ccc2C1. The molecule has 1 aromatic carbocycles. The number of fused-ring (bicyclic) bond motifs is 1. The molecule has 0 N–H and O–H groups in total. The monoisotopic (exact) mass is 192 g/mol. The van der Waals surface area contributed by atoms with Gasteiger partial charge in [0.2, 0.25) is 0 Å². The van der Waals surface area contributed by atoms with Crippen LogP contribution in [0, 0.1) is 11.7 Å². The summed E-state index contributed by atoms with van der Waals surface area (Å²) in [5.74, 6) is 0.746. The normalized spacial score (nSPS) is 20.6. The van der Waals surface area contributed by atoms with Gasteiger partial charge in [-0.15, -0.1) is 0 Å². The molecule has 1 unspecified atom stereocenters. The average molecular weight is 192 g/mol. The van der Waals surface area contributed by atoms with Crippen molar-refractivity contribution in [2.45, 2.75) is 39.0 Å². The van der Waals surface area contributed by atoms with Gasteiger partial charge in [-0.2, -0.15) is 0 Å². The van der Waals surface area contributed by atoms with Crippen molar-refractivity contribution >= 4 is 0 Å². The summed E-state index contributed by atoms with van der Waals surface area (Å²) in [5.41, 5.74) is 2.61. The zero-order chi connectivity index (χ0) is 9.97. The highest BCUT2D eigenvalue weighted by Crippen LogP contribution is 2.28. The third-order valence-electron chi connectivity index (χ3n) is 3.20. The molecular formula is C13H17F. The first-order valence-electron chi connectivity index (χ1n) is 5.57. The average Bonchev–Trinajstić information content (AvgIpc) is 2.19. The molecular weight excluding hydrogens is 175 g/mol. The van der Waals surface area contributed by atoms with Crippen LogP contribution >= 0.6 is 0 Å². The second-order valence-electron chi connectivity index (χ2n) is 4.31. The standard InChI is InChI=1S/C13H17F/c1-2-3-10-4-5-12-9-13(14)7-6-11(12)8-10/h6-7,9-10H,2-5,8H2,1H3. The van der Waals surface area contributed by atoms with Crippen LogP contribution < -0.4 is 0 Å². The second kappa shape index (κ2) is 4.12. The smallest absolute Gasteiger partial charge is 0.123 e. The van der Waals surface area contributed by atoms with Crippen molar-refractivity contribution in [1.29, 1.82) is 0 Å². The first kappa shape index (κ1) is 9.70. The van der Waals surface area contributed by atoms with E-state index in [9.17, 15) is 4.39 Å². The maximum Gasteiger partial charge on any atom is 0.123 e. The van der Waals surface area contributed by atoms with Crippen molar-refractivity contribution < 1.29 is 4.39 Å². The molecule has 1 aliphatic carbocycles. The lowest BCUT2D eigenvalue weighted by molar-refractivity contribution is 0.421. The van der Waals surface area contributed by atoms with Gasteiger partial charge >= 0.3 is 0 Å². The maximum absolute atomic E-state index is 12.9. The summed E-state index contributed by atoms with van der Waals surface area (Å²) < 4.78 is 12.9. The first-order chi connectivity index (χ1) is 6.79. The molecule has 0 radical (unpaired) electrons.